The minimum absolute atomic E-state index is 0.128. The molecule has 6 rings (SSSR count). The molecule has 2 saturated heterocycles. The smallest absolute Gasteiger partial charge is 0.319 e. The van der Waals surface area contributed by atoms with Gasteiger partial charge in [0.05, 0.1) is 18.5 Å². The minimum atomic E-state index is -0.971. The highest BCUT2D eigenvalue weighted by Crippen LogP contribution is 2.43. The lowest BCUT2D eigenvalue weighted by Crippen LogP contribution is -2.55. The average molecular weight is 571 g/mol. The number of Topliss-reactive ketones (excluding diaryl/α,β-unsaturated/α-hetero) is 1. The fourth-order valence-corrected chi connectivity index (χ4v) is 6.96. The highest BCUT2D eigenvalue weighted by atomic mass is 16.5. The summed E-state index contributed by atoms with van der Waals surface area (Å²) in [5.41, 5.74) is 2.50. The van der Waals surface area contributed by atoms with Crippen molar-refractivity contribution in [1.82, 2.24) is 19.8 Å². The molecule has 220 valence electrons. The van der Waals surface area contributed by atoms with Gasteiger partial charge in [-0.1, -0.05) is 18.7 Å². The molecule has 42 heavy (non-hydrogen) atoms. The van der Waals surface area contributed by atoms with Crippen LogP contribution in [0.25, 0.3) is 0 Å². The molecule has 10 heteroatoms. The van der Waals surface area contributed by atoms with Crippen molar-refractivity contribution in [2.24, 2.45) is 0 Å². The largest absolute Gasteiger partial charge is 0.479 e. The average Bonchev–Trinajstić information content (AvgIpc) is 3.42. The van der Waals surface area contributed by atoms with Crippen LogP contribution < -0.4 is 14.4 Å². The zero-order chi connectivity index (χ0) is 29.4. The van der Waals surface area contributed by atoms with E-state index < -0.39 is 5.60 Å². The molecular formula is C32H38N6O4. The summed E-state index contributed by atoms with van der Waals surface area (Å²) >= 11 is 0. The topological polar surface area (TPSA) is 112 Å². The molecule has 2 fully saturated rings. The molecule has 1 aliphatic carbocycles. The number of piperazine rings is 1. The van der Waals surface area contributed by atoms with E-state index in [1.165, 1.54) is 11.6 Å². The quantitative estimate of drug-likeness (QED) is 0.483. The monoisotopic (exact) mass is 570 g/mol. The van der Waals surface area contributed by atoms with Gasteiger partial charge in [0.2, 0.25) is 11.7 Å². The summed E-state index contributed by atoms with van der Waals surface area (Å²) < 4.78 is 12.7. The van der Waals surface area contributed by atoms with E-state index in [4.69, 9.17) is 19.4 Å². The van der Waals surface area contributed by atoms with E-state index in [9.17, 15) is 14.9 Å². The molecule has 0 bridgehead atoms. The van der Waals surface area contributed by atoms with Crippen LogP contribution in [0.1, 0.15) is 59.3 Å². The molecule has 10 nitrogen and oxygen atoms in total. The molecule has 1 aromatic heterocycles. The maximum Gasteiger partial charge on any atom is 0.319 e. The van der Waals surface area contributed by atoms with E-state index in [-0.39, 0.29) is 36.2 Å². The van der Waals surface area contributed by atoms with Crippen LogP contribution in [0.3, 0.4) is 0 Å². The number of likely N-dealkylation sites (N-methyl/N-ethyl adjacent to an activating group) is 1. The van der Waals surface area contributed by atoms with E-state index in [2.05, 4.69) is 42.5 Å². The first-order chi connectivity index (χ1) is 20.3. The number of benzene rings is 1. The fourth-order valence-electron chi connectivity index (χ4n) is 6.96. The van der Waals surface area contributed by atoms with Crippen molar-refractivity contribution in [1.29, 1.82) is 5.26 Å². The van der Waals surface area contributed by atoms with Crippen LogP contribution in [0.15, 0.2) is 30.9 Å². The van der Waals surface area contributed by atoms with Crippen molar-refractivity contribution < 1.29 is 19.1 Å². The van der Waals surface area contributed by atoms with Gasteiger partial charge in [0, 0.05) is 31.2 Å². The van der Waals surface area contributed by atoms with Gasteiger partial charge < -0.3 is 24.2 Å². The zero-order valence-corrected chi connectivity index (χ0v) is 24.5. The third-order valence-electron chi connectivity index (χ3n) is 9.47. The molecule has 0 saturated carbocycles. The Balaban J connectivity index is 1.35. The SMILES string of the molecule is C=CC(=O)N1CCN(c2nc(OCC3CCCN3C)nc3c2CC[C@@]2(CCc4c(C)cccc4O2)C3=O)CC1CC#N. The molecule has 1 amide bonds. The number of hydrogen-bond acceptors (Lipinski definition) is 9. The lowest BCUT2D eigenvalue weighted by molar-refractivity contribution is -0.128. The van der Waals surface area contributed by atoms with Crippen molar-refractivity contribution >= 4 is 17.5 Å². The van der Waals surface area contributed by atoms with Gasteiger partial charge in [-0.25, -0.2) is 0 Å². The number of carbonyl (C=O) groups excluding carboxylic acids is 2. The summed E-state index contributed by atoms with van der Waals surface area (Å²) in [6.45, 7) is 8.53. The standard InChI is InChI=1S/C32H38N6O4/c1-4-27(39)38-18-17-37(19-22(38)12-15-33)30-25-11-14-32(13-10-24-21(2)7-5-9-26(24)42-32)29(40)28(25)34-31(35-30)41-20-23-8-6-16-36(23)3/h4-5,7,9,22-23H,1,6,8,10-14,16-20H2,2-3H3/t22?,23?,32-/m0/s1. The normalized spacial score (nSPS) is 25.4. The van der Waals surface area contributed by atoms with Crippen LogP contribution in [0.4, 0.5) is 5.82 Å². The molecule has 1 spiro atoms. The Bertz CT molecular complexity index is 1450. The fraction of sp³-hybridized carbons (Fsp3) is 0.531. The Labute approximate surface area is 246 Å². The second-order valence-corrected chi connectivity index (χ2v) is 11.9. The zero-order valence-electron chi connectivity index (χ0n) is 24.5. The number of amides is 1. The molecule has 0 N–H and O–H groups in total. The molecule has 3 atom stereocenters. The predicted octanol–water partition coefficient (Wildman–Crippen LogP) is 3.27. The number of rotatable bonds is 6. The van der Waals surface area contributed by atoms with Gasteiger partial charge in [-0.05, 0) is 82.3 Å². The first-order valence-corrected chi connectivity index (χ1v) is 14.9. The van der Waals surface area contributed by atoms with Gasteiger partial charge in [-0.15, -0.1) is 0 Å². The summed E-state index contributed by atoms with van der Waals surface area (Å²) in [5, 5.41) is 9.50. The number of likely N-dealkylation sites (tertiary alicyclic amines) is 1. The molecule has 2 aromatic rings. The highest BCUT2D eigenvalue weighted by molar-refractivity contribution is 6.04. The van der Waals surface area contributed by atoms with E-state index in [1.807, 2.05) is 12.1 Å². The molecule has 1 aromatic carbocycles. The number of fused-ring (bicyclic) bond motifs is 2. The summed E-state index contributed by atoms with van der Waals surface area (Å²) in [5.74, 6) is 1.11. The molecule has 0 radical (unpaired) electrons. The Morgan fingerprint density at radius 2 is 2.02 bits per heavy atom. The Hall–Kier alpha value is -3.97. The molecule has 4 heterocycles. The lowest BCUT2D eigenvalue weighted by Gasteiger charge is -2.43. The van der Waals surface area contributed by atoms with Crippen molar-refractivity contribution in [2.45, 2.75) is 69.6 Å². The maximum absolute atomic E-state index is 14.3. The third kappa shape index (κ3) is 5.00. The number of aryl methyl sites for hydroxylation is 1. The van der Waals surface area contributed by atoms with Crippen molar-refractivity contribution in [3.05, 3.63) is 53.2 Å². The van der Waals surface area contributed by atoms with E-state index in [0.717, 1.165) is 42.7 Å². The van der Waals surface area contributed by atoms with Gasteiger partial charge in [-0.2, -0.15) is 15.2 Å². The number of nitriles is 1. The van der Waals surface area contributed by atoms with Crippen LogP contribution in [-0.4, -0.2) is 89.0 Å². The van der Waals surface area contributed by atoms with E-state index in [0.29, 0.717) is 57.0 Å². The lowest BCUT2D eigenvalue weighted by atomic mass is 9.76. The second kappa shape index (κ2) is 11.4. The summed E-state index contributed by atoms with van der Waals surface area (Å²) in [4.78, 5) is 42.5. The molecule has 4 aliphatic rings. The summed E-state index contributed by atoms with van der Waals surface area (Å²) in [7, 11) is 2.09. The van der Waals surface area contributed by atoms with E-state index in [1.54, 1.807) is 4.90 Å². The van der Waals surface area contributed by atoms with Crippen LogP contribution in [0, 0.1) is 18.3 Å². The number of carbonyl (C=O) groups is 2. The first-order valence-electron chi connectivity index (χ1n) is 14.9. The van der Waals surface area contributed by atoms with E-state index >= 15 is 0 Å². The Kier molecular flexibility index (Phi) is 7.62. The number of aromatic nitrogens is 2. The first kappa shape index (κ1) is 28.2. The number of nitrogens with zero attached hydrogens (tertiary/aromatic N) is 6. The summed E-state index contributed by atoms with van der Waals surface area (Å²) in [6, 6.07) is 8.34. The molecular weight excluding hydrogens is 532 g/mol. The van der Waals surface area contributed by atoms with Crippen molar-refractivity contribution in [2.75, 3.05) is 44.7 Å². The Morgan fingerprint density at radius 3 is 2.76 bits per heavy atom. The van der Waals surface area contributed by atoms with Crippen LogP contribution in [-0.2, 0) is 17.6 Å². The van der Waals surface area contributed by atoms with Gasteiger partial charge in [0.25, 0.3) is 0 Å². The van der Waals surface area contributed by atoms with Crippen LogP contribution in [0.5, 0.6) is 11.8 Å². The number of ketones is 1. The number of hydrogen-bond donors (Lipinski definition) is 0. The Morgan fingerprint density at radius 1 is 1.21 bits per heavy atom. The number of anilines is 1. The van der Waals surface area contributed by atoms with Gasteiger partial charge in [0.15, 0.2) is 5.60 Å². The maximum atomic E-state index is 14.3. The van der Waals surface area contributed by atoms with Gasteiger partial charge >= 0.3 is 6.01 Å². The van der Waals surface area contributed by atoms with Gasteiger partial charge in [0.1, 0.15) is 23.9 Å². The van der Waals surface area contributed by atoms with Crippen LogP contribution >= 0.6 is 0 Å². The van der Waals surface area contributed by atoms with Gasteiger partial charge in [-0.3, -0.25) is 9.59 Å². The van der Waals surface area contributed by atoms with Crippen LogP contribution in [0.2, 0.25) is 0 Å². The predicted molar refractivity (Wildman–Crippen MR) is 157 cm³/mol. The second-order valence-electron chi connectivity index (χ2n) is 11.9. The summed E-state index contributed by atoms with van der Waals surface area (Å²) in [6.07, 6.45) is 6.12. The number of ether oxygens (including phenoxy) is 2. The minimum Gasteiger partial charge on any atom is -0.479 e. The molecule has 3 aliphatic heterocycles. The van der Waals surface area contributed by atoms with Crippen molar-refractivity contribution in [3.63, 3.8) is 0 Å². The highest BCUT2D eigenvalue weighted by Gasteiger charge is 2.49. The van der Waals surface area contributed by atoms with Crippen molar-refractivity contribution in [3.8, 4) is 17.8 Å². The molecule has 2 unspecified atom stereocenters. The third-order valence-corrected chi connectivity index (χ3v) is 9.47.